The minimum atomic E-state index is -0.597. The van der Waals surface area contributed by atoms with E-state index in [1.807, 2.05) is 24.8 Å². The summed E-state index contributed by atoms with van der Waals surface area (Å²) in [6.07, 6.45) is 4.92. The fourth-order valence-electron chi connectivity index (χ4n) is 3.17. The van der Waals surface area contributed by atoms with Gasteiger partial charge in [-0.25, -0.2) is 0 Å². The lowest BCUT2D eigenvalue weighted by molar-refractivity contribution is -0.122. The third-order valence-electron chi connectivity index (χ3n) is 4.74. The summed E-state index contributed by atoms with van der Waals surface area (Å²) in [5, 5.41) is 15.0. The average Bonchev–Trinajstić information content (AvgIpc) is 2.73. The van der Waals surface area contributed by atoms with Crippen LogP contribution in [0.2, 0.25) is 5.02 Å². The summed E-state index contributed by atoms with van der Waals surface area (Å²) in [7, 11) is 0. The zero-order valence-electron chi connectivity index (χ0n) is 15.9. The number of aromatic hydroxyl groups is 1. The number of hydrogen-bond acceptors (Lipinski definition) is 5. The molecular formula is C21H23ClN4O2. The molecule has 0 radical (unpaired) electrons. The van der Waals surface area contributed by atoms with E-state index in [4.69, 9.17) is 11.6 Å². The molecule has 0 fully saturated rings. The van der Waals surface area contributed by atoms with E-state index >= 15 is 0 Å². The number of likely N-dealkylation sites (N-methyl/N-ethyl adjacent to an activating group) is 1. The van der Waals surface area contributed by atoms with Crippen LogP contribution in [-0.4, -0.2) is 45.5 Å². The fraction of sp³-hybridized carbons (Fsp3) is 0.286. The van der Waals surface area contributed by atoms with Gasteiger partial charge in [0.2, 0.25) is 5.91 Å². The van der Waals surface area contributed by atoms with Crippen molar-refractivity contribution in [1.82, 2.24) is 20.2 Å². The topological polar surface area (TPSA) is 78.4 Å². The van der Waals surface area contributed by atoms with Gasteiger partial charge in [-0.15, -0.1) is 0 Å². The highest BCUT2D eigenvalue weighted by molar-refractivity contribution is 6.35. The van der Waals surface area contributed by atoms with Crippen LogP contribution in [0.25, 0.3) is 10.9 Å². The Balaban J connectivity index is 2.04. The third kappa shape index (κ3) is 4.24. The van der Waals surface area contributed by atoms with Crippen molar-refractivity contribution in [2.45, 2.75) is 19.9 Å². The number of phenols is 1. The highest BCUT2D eigenvalue weighted by Crippen LogP contribution is 2.38. The zero-order valence-corrected chi connectivity index (χ0v) is 16.6. The van der Waals surface area contributed by atoms with Crippen LogP contribution in [0.15, 0.2) is 48.9 Å². The van der Waals surface area contributed by atoms with Gasteiger partial charge in [0.05, 0.1) is 17.6 Å². The Hall–Kier alpha value is -2.70. The van der Waals surface area contributed by atoms with E-state index in [0.29, 0.717) is 21.5 Å². The first-order valence-electron chi connectivity index (χ1n) is 9.22. The van der Waals surface area contributed by atoms with E-state index in [1.165, 1.54) is 0 Å². The van der Waals surface area contributed by atoms with Crippen LogP contribution in [0.4, 0.5) is 0 Å². The van der Waals surface area contributed by atoms with Gasteiger partial charge < -0.3 is 10.4 Å². The Labute approximate surface area is 169 Å². The Morgan fingerprint density at radius 2 is 2.00 bits per heavy atom. The van der Waals surface area contributed by atoms with E-state index in [9.17, 15) is 9.90 Å². The minimum Gasteiger partial charge on any atom is -0.505 e. The maximum absolute atomic E-state index is 12.7. The van der Waals surface area contributed by atoms with Crippen molar-refractivity contribution in [3.63, 3.8) is 0 Å². The van der Waals surface area contributed by atoms with Gasteiger partial charge >= 0.3 is 0 Å². The average molecular weight is 399 g/mol. The highest BCUT2D eigenvalue weighted by atomic mass is 35.5. The molecule has 0 aliphatic carbocycles. The molecule has 3 rings (SSSR count). The SMILES string of the molecule is CCN(CC)CC(=O)NC(c1cccnc1)c1cc(Cl)c2cccnc2c1O. The zero-order chi connectivity index (χ0) is 20.1. The second kappa shape index (κ2) is 8.99. The van der Waals surface area contributed by atoms with Crippen LogP contribution in [0, 0.1) is 0 Å². The summed E-state index contributed by atoms with van der Waals surface area (Å²) >= 11 is 6.44. The Kier molecular flexibility index (Phi) is 6.44. The molecular weight excluding hydrogens is 376 g/mol. The number of carbonyl (C=O) groups excluding carboxylic acids is 1. The van der Waals surface area contributed by atoms with Gasteiger partial charge in [-0.05, 0) is 42.9 Å². The molecule has 28 heavy (non-hydrogen) atoms. The number of hydrogen-bond donors (Lipinski definition) is 2. The first kappa shape index (κ1) is 20.0. The van der Waals surface area contributed by atoms with E-state index in [-0.39, 0.29) is 18.2 Å². The third-order valence-corrected chi connectivity index (χ3v) is 5.05. The van der Waals surface area contributed by atoms with Crippen molar-refractivity contribution in [1.29, 1.82) is 0 Å². The van der Waals surface area contributed by atoms with Crippen LogP contribution < -0.4 is 5.32 Å². The lowest BCUT2D eigenvalue weighted by Crippen LogP contribution is -2.39. The van der Waals surface area contributed by atoms with E-state index < -0.39 is 6.04 Å². The highest BCUT2D eigenvalue weighted by Gasteiger charge is 2.24. The van der Waals surface area contributed by atoms with Crippen LogP contribution in [0.5, 0.6) is 5.75 Å². The number of benzene rings is 1. The van der Waals surface area contributed by atoms with Gasteiger partial charge in [-0.2, -0.15) is 0 Å². The molecule has 2 heterocycles. The summed E-state index contributed by atoms with van der Waals surface area (Å²) < 4.78 is 0. The molecule has 7 heteroatoms. The largest absolute Gasteiger partial charge is 0.505 e. The van der Waals surface area contributed by atoms with Gasteiger partial charge in [-0.3, -0.25) is 19.7 Å². The molecule has 146 valence electrons. The molecule has 0 spiro atoms. The van der Waals surface area contributed by atoms with Crippen LogP contribution in [-0.2, 0) is 4.79 Å². The molecule has 2 N–H and O–H groups in total. The molecule has 3 aromatic rings. The van der Waals surface area contributed by atoms with Crippen molar-refractivity contribution in [2.24, 2.45) is 0 Å². The predicted octanol–water partition coefficient (Wildman–Crippen LogP) is 3.54. The van der Waals surface area contributed by atoms with Crippen LogP contribution in [0.3, 0.4) is 0 Å². The first-order chi connectivity index (χ1) is 13.5. The molecule has 1 unspecified atom stereocenters. The van der Waals surface area contributed by atoms with Crippen molar-refractivity contribution < 1.29 is 9.90 Å². The number of fused-ring (bicyclic) bond motifs is 1. The minimum absolute atomic E-state index is 0.00278. The smallest absolute Gasteiger partial charge is 0.234 e. The van der Waals surface area contributed by atoms with Gasteiger partial charge in [0.25, 0.3) is 0 Å². The molecule has 6 nitrogen and oxygen atoms in total. The molecule has 0 aliphatic heterocycles. The quantitative estimate of drug-likeness (QED) is 0.636. The normalized spacial score (nSPS) is 12.3. The Morgan fingerprint density at radius 3 is 2.68 bits per heavy atom. The summed E-state index contributed by atoms with van der Waals surface area (Å²) in [5.41, 5.74) is 1.63. The summed E-state index contributed by atoms with van der Waals surface area (Å²) in [6, 6.07) is 8.28. The Morgan fingerprint density at radius 1 is 1.25 bits per heavy atom. The number of aromatic nitrogens is 2. The maximum atomic E-state index is 12.7. The van der Waals surface area contributed by atoms with Gasteiger partial charge in [0.15, 0.2) is 0 Å². The van der Waals surface area contributed by atoms with E-state index in [0.717, 1.165) is 18.7 Å². The number of phenolic OH excluding ortho intramolecular Hbond substituents is 1. The molecule has 1 aromatic carbocycles. The molecule has 1 atom stereocenters. The Bertz CT molecular complexity index is 961. The molecule has 0 bridgehead atoms. The van der Waals surface area contributed by atoms with E-state index in [1.54, 1.807) is 42.9 Å². The number of rotatable bonds is 7. The van der Waals surface area contributed by atoms with Gasteiger partial charge in [0.1, 0.15) is 11.3 Å². The maximum Gasteiger partial charge on any atom is 0.234 e. The summed E-state index contributed by atoms with van der Waals surface area (Å²) in [4.78, 5) is 23.1. The number of nitrogens with one attached hydrogen (secondary N) is 1. The summed E-state index contributed by atoms with van der Waals surface area (Å²) in [5.74, 6) is -0.147. The number of amides is 1. The lowest BCUT2D eigenvalue weighted by atomic mass is 9.97. The number of carbonyl (C=O) groups is 1. The second-order valence-corrected chi connectivity index (χ2v) is 6.85. The molecule has 0 aliphatic rings. The predicted molar refractivity (Wildman–Crippen MR) is 110 cm³/mol. The van der Waals surface area contributed by atoms with Crippen molar-refractivity contribution in [3.8, 4) is 5.75 Å². The van der Waals surface area contributed by atoms with Gasteiger partial charge in [-0.1, -0.05) is 31.5 Å². The number of nitrogens with zero attached hydrogens (tertiary/aromatic N) is 3. The standard InChI is InChI=1S/C21H23ClN4O2/c1-3-26(4-2)13-18(27)25-19(14-7-5-9-23-12-14)16-11-17(22)15-8-6-10-24-20(15)21(16)28/h5-12,19,28H,3-4,13H2,1-2H3,(H,25,27). The summed E-state index contributed by atoms with van der Waals surface area (Å²) in [6.45, 7) is 5.84. The van der Waals surface area contributed by atoms with Crippen molar-refractivity contribution >= 4 is 28.4 Å². The lowest BCUT2D eigenvalue weighted by Gasteiger charge is -2.24. The first-order valence-corrected chi connectivity index (χ1v) is 9.60. The van der Waals surface area contributed by atoms with E-state index in [2.05, 4.69) is 15.3 Å². The van der Waals surface area contributed by atoms with Crippen molar-refractivity contribution in [2.75, 3.05) is 19.6 Å². The monoisotopic (exact) mass is 398 g/mol. The number of halogens is 1. The molecule has 0 saturated heterocycles. The van der Waals surface area contributed by atoms with Gasteiger partial charge in [0, 0.05) is 29.5 Å². The van der Waals surface area contributed by atoms with Crippen molar-refractivity contribution in [3.05, 3.63) is 65.1 Å². The molecule has 0 saturated carbocycles. The molecule has 1 amide bonds. The number of pyridine rings is 2. The fourth-order valence-corrected chi connectivity index (χ4v) is 3.44. The van der Waals surface area contributed by atoms with Crippen LogP contribution in [0.1, 0.15) is 31.0 Å². The van der Waals surface area contributed by atoms with Crippen LogP contribution >= 0.6 is 11.6 Å². The second-order valence-electron chi connectivity index (χ2n) is 6.44. The molecule has 2 aromatic heterocycles.